The second-order valence-corrected chi connectivity index (χ2v) is 1.76. The number of hydrogen-bond donors (Lipinski definition) is 1. The van der Waals surface area contributed by atoms with E-state index >= 15 is 0 Å². The Morgan fingerprint density at radius 2 is 2.25 bits per heavy atom. The number of aliphatic hydroxyl groups is 1. The Morgan fingerprint density at radius 1 is 1.62 bits per heavy atom. The van der Waals surface area contributed by atoms with Gasteiger partial charge in [0.1, 0.15) is 0 Å². The van der Waals surface area contributed by atoms with Gasteiger partial charge in [-0.15, -0.1) is 0 Å². The first-order valence-corrected chi connectivity index (χ1v) is 2.98. The standard InChI is InChI=1S/C7H13O/c1-3-5-7(4-2)6-8/h8H,3,5-6H2,1-2H3. The van der Waals surface area contributed by atoms with Crippen molar-refractivity contribution in [3.05, 3.63) is 11.6 Å². The average Bonchev–Trinajstić information content (AvgIpc) is 1.83. The molecule has 0 aliphatic carbocycles. The summed E-state index contributed by atoms with van der Waals surface area (Å²) in [4.78, 5) is 0. The molecular weight excluding hydrogens is 100 g/mol. The molecule has 0 aromatic heterocycles. The molecule has 47 valence electrons. The van der Waals surface area contributed by atoms with E-state index in [1.54, 1.807) is 0 Å². The van der Waals surface area contributed by atoms with Gasteiger partial charge in [0.05, 0.1) is 6.61 Å². The summed E-state index contributed by atoms with van der Waals surface area (Å²) >= 11 is 0. The number of rotatable bonds is 3. The van der Waals surface area contributed by atoms with Crippen molar-refractivity contribution in [1.82, 2.24) is 0 Å². The van der Waals surface area contributed by atoms with Crippen molar-refractivity contribution in [2.45, 2.75) is 26.7 Å². The molecule has 0 spiro atoms. The van der Waals surface area contributed by atoms with Crippen molar-refractivity contribution in [1.29, 1.82) is 0 Å². The minimum absolute atomic E-state index is 0.171. The summed E-state index contributed by atoms with van der Waals surface area (Å²) in [6, 6.07) is 0. The van der Waals surface area contributed by atoms with Crippen LogP contribution in [0, 0.1) is 6.08 Å². The zero-order valence-corrected chi connectivity index (χ0v) is 5.57. The summed E-state index contributed by atoms with van der Waals surface area (Å²) in [6.45, 7) is 4.10. The van der Waals surface area contributed by atoms with Gasteiger partial charge in [0, 0.05) is 0 Å². The Bertz CT molecular complexity index is 74.5. The van der Waals surface area contributed by atoms with Crippen LogP contribution in [0.15, 0.2) is 5.57 Å². The van der Waals surface area contributed by atoms with Crippen LogP contribution in [-0.4, -0.2) is 11.7 Å². The molecule has 0 aliphatic heterocycles. The quantitative estimate of drug-likeness (QED) is 0.588. The highest BCUT2D eigenvalue weighted by Crippen LogP contribution is 2.00. The second kappa shape index (κ2) is 4.85. The molecule has 1 radical (unpaired) electrons. The van der Waals surface area contributed by atoms with E-state index in [-0.39, 0.29) is 6.61 Å². The van der Waals surface area contributed by atoms with Crippen LogP contribution in [0.4, 0.5) is 0 Å². The predicted molar refractivity (Wildman–Crippen MR) is 34.4 cm³/mol. The highest BCUT2D eigenvalue weighted by Gasteiger charge is 1.88. The van der Waals surface area contributed by atoms with Gasteiger partial charge in [0.15, 0.2) is 0 Å². The van der Waals surface area contributed by atoms with Crippen molar-refractivity contribution in [2.24, 2.45) is 0 Å². The number of allylic oxidation sites excluding steroid dienone is 1. The van der Waals surface area contributed by atoms with E-state index in [0.717, 1.165) is 18.4 Å². The minimum Gasteiger partial charge on any atom is -0.392 e. The first-order valence-electron chi connectivity index (χ1n) is 2.98. The number of aliphatic hydroxyl groups excluding tert-OH is 1. The van der Waals surface area contributed by atoms with Crippen molar-refractivity contribution in [3.63, 3.8) is 0 Å². The maximum Gasteiger partial charge on any atom is 0.0647 e. The lowest BCUT2D eigenvalue weighted by molar-refractivity contribution is 0.325. The van der Waals surface area contributed by atoms with E-state index in [9.17, 15) is 0 Å². The van der Waals surface area contributed by atoms with Crippen LogP contribution in [0.1, 0.15) is 26.7 Å². The molecule has 0 aliphatic rings. The molecule has 0 saturated carbocycles. The Hall–Kier alpha value is -0.300. The molecule has 0 aromatic rings. The first kappa shape index (κ1) is 7.70. The zero-order valence-electron chi connectivity index (χ0n) is 5.57. The van der Waals surface area contributed by atoms with E-state index in [4.69, 9.17) is 5.11 Å². The summed E-state index contributed by atoms with van der Waals surface area (Å²) in [5.74, 6) is 0. The molecule has 1 nitrogen and oxygen atoms in total. The molecule has 0 saturated heterocycles. The van der Waals surface area contributed by atoms with Gasteiger partial charge in [-0.3, -0.25) is 0 Å². The molecule has 8 heavy (non-hydrogen) atoms. The van der Waals surface area contributed by atoms with E-state index in [1.165, 1.54) is 0 Å². The molecule has 0 unspecified atom stereocenters. The molecule has 0 aromatic carbocycles. The van der Waals surface area contributed by atoms with Crippen LogP contribution >= 0.6 is 0 Å². The lowest BCUT2D eigenvalue weighted by Crippen LogP contribution is -1.88. The summed E-state index contributed by atoms with van der Waals surface area (Å²) in [5, 5.41) is 8.56. The third-order valence-corrected chi connectivity index (χ3v) is 1.10. The maximum atomic E-state index is 8.56. The van der Waals surface area contributed by atoms with Crippen molar-refractivity contribution < 1.29 is 5.11 Å². The van der Waals surface area contributed by atoms with Crippen LogP contribution in [0.2, 0.25) is 0 Å². The smallest absolute Gasteiger partial charge is 0.0647 e. The van der Waals surface area contributed by atoms with Crippen LogP contribution in [-0.2, 0) is 0 Å². The highest BCUT2D eigenvalue weighted by molar-refractivity contribution is 4.94. The SMILES string of the molecule is C/[C]=C(\CO)CCC. The van der Waals surface area contributed by atoms with Gasteiger partial charge < -0.3 is 5.11 Å². The van der Waals surface area contributed by atoms with Gasteiger partial charge in [0.2, 0.25) is 0 Å². The van der Waals surface area contributed by atoms with Gasteiger partial charge in [-0.05, 0) is 25.0 Å². The molecule has 0 rings (SSSR count). The third-order valence-electron chi connectivity index (χ3n) is 1.10. The summed E-state index contributed by atoms with van der Waals surface area (Å²) < 4.78 is 0. The summed E-state index contributed by atoms with van der Waals surface area (Å²) in [5.41, 5.74) is 1.02. The Labute approximate surface area is 51.0 Å². The van der Waals surface area contributed by atoms with Gasteiger partial charge in [-0.25, -0.2) is 0 Å². The summed E-state index contributed by atoms with van der Waals surface area (Å²) in [7, 11) is 0. The Kier molecular flexibility index (Phi) is 4.67. The average molecular weight is 113 g/mol. The normalized spacial score (nSPS) is 12.1. The van der Waals surface area contributed by atoms with E-state index in [0.29, 0.717) is 0 Å². The minimum atomic E-state index is 0.171. The topological polar surface area (TPSA) is 20.2 Å². The van der Waals surface area contributed by atoms with Crippen LogP contribution in [0.3, 0.4) is 0 Å². The molecule has 0 fully saturated rings. The van der Waals surface area contributed by atoms with Crippen LogP contribution < -0.4 is 0 Å². The van der Waals surface area contributed by atoms with Gasteiger partial charge in [-0.2, -0.15) is 0 Å². The fourth-order valence-corrected chi connectivity index (χ4v) is 0.585. The molecule has 0 atom stereocenters. The van der Waals surface area contributed by atoms with Crippen molar-refractivity contribution in [2.75, 3.05) is 6.61 Å². The molecule has 0 bridgehead atoms. The largest absolute Gasteiger partial charge is 0.392 e. The molecular formula is C7H13O. The monoisotopic (exact) mass is 113 g/mol. The Balaban J connectivity index is 3.38. The fraction of sp³-hybridized carbons (Fsp3) is 0.714. The van der Waals surface area contributed by atoms with Crippen molar-refractivity contribution >= 4 is 0 Å². The Morgan fingerprint density at radius 3 is 2.38 bits per heavy atom. The van der Waals surface area contributed by atoms with E-state index < -0.39 is 0 Å². The maximum absolute atomic E-state index is 8.56. The lowest BCUT2D eigenvalue weighted by Gasteiger charge is -1.96. The molecule has 1 N–H and O–H groups in total. The first-order chi connectivity index (χ1) is 3.85. The van der Waals surface area contributed by atoms with Gasteiger partial charge in [-0.1, -0.05) is 13.3 Å². The molecule has 1 heteroatoms. The van der Waals surface area contributed by atoms with E-state index in [2.05, 4.69) is 13.0 Å². The van der Waals surface area contributed by atoms with Crippen molar-refractivity contribution in [3.8, 4) is 0 Å². The third kappa shape index (κ3) is 2.80. The second-order valence-electron chi connectivity index (χ2n) is 1.76. The lowest BCUT2D eigenvalue weighted by atomic mass is 10.1. The predicted octanol–water partition coefficient (Wildman–Crippen LogP) is 1.53. The fourth-order valence-electron chi connectivity index (χ4n) is 0.585. The van der Waals surface area contributed by atoms with Gasteiger partial charge in [0.25, 0.3) is 0 Å². The summed E-state index contributed by atoms with van der Waals surface area (Å²) in [6.07, 6.45) is 4.99. The van der Waals surface area contributed by atoms with Crippen LogP contribution in [0.5, 0.6) is 0 Å². The highest BCUT2D eigenvalue weighted by atomic mass is 16.3. The zero-order chi connectivity index (χ0) is 6.41. The number of hydrogen-bond acceptors (Lipinski definition) is 1. The molecule has 0 amide bonds. The molecule has 0 heterocycles. The van der Waals surface area contributed by atoms with Crippen LogP contribution in [0.25, 0.3) is 0 Å². The van der Waals surface area contributed by atoms with Gasteiger partial charge >= 0.3 is 0 Å². The van der Waals surface area contributed by atoms with E-state index in [1.807, 2.05) is 6.92 Å².